The quantitative estimate of drug-likeness (QED) is 0.695. The molecule has 1 aromatic rings. The Bertz CT molecular complexity index is 458. The van der Waals surface area contributed by atoms with Crippen molar-refractivity contribution in [3.05, 3.63) is 35.9 Å². The van der Waals surface area contributed by atoms with Crippen LogP contribution in [0, 0.1) is 5.92 Å². The predicted molar refractivity (Wildman–Crippen MR) is 97.1 cm³/mol. The van der Waals surface area contributed by atoms with Crippen molar-refractivity contribution in [2.24, 2.45) is 5.92 Å². The maximum absolute atomic E-state index is 12.6. The van der Waals surface area contributed by atoms with Gasteiger partial charge in [-0.3, -0.25) is 4.79 Å². The first-order valence-electron chi connectivity index (χ1n) is 8.51. The van der Waals surface area contributed by atoms with Gasteiger partial charge in [0.05, 0.1) is 5.92 Å². The van der Waals surface area contributed by atoms with Gasteiger partial charge in [0.15, 0.2) is 0 Å². The number of ether oxygens (including phenoxy) is 1. The van der Waals surface area contributed by atoms with Crippen molar-refractivity contribution in [1.82, 2.24) is 4.90 Å². The Morgan fingerprint density at radius 3 is 2.39 bits per heavy atom. The molecule has 1 saturated carbocycles. The van der Waals surface area contributed by atoms with E-state index in [0.29, 0.717) is 18.6 Å². The molecule has 130 valence electrons. The molecule has 0 bridgehead atoms. The minimum absolute atomic E-state index is 0. The van der Waals surface area contributed by atoms with Crippen LogP contribution in [-0.2, 0) is 9.53 Å². The predicted octanol–water partition coefficient (Wildman–Crippen LogP) is 4.27. The third kappa shape index (κ3) is 5.82. The molecule has 1 atom stereocenters. The highest BCUT2D eigenvalue weighted by atomic mass is 35.5. The Balaban J connectivity index is 0.00000264. The van der Waals surface area contributed by atoms with Gasteiger partial charge in [-0.2, -0.15) is 0 Å². The Labute approximate surface area is 146 Å². The van der Waals surface area contributed by atoms with E-state index in [-0.39, 0.29) is 24.3 Å². The molecule has 0 aromatic heterocycles. The monoisotopic (exact) mass is 339 g/mol. The molecule has 0 spiro atoms. The van der Waals surface area contributed by atoms with Gasteiger partial charge >= 0.3 is 5.97 Å². The minimum Gasteiger partial charge on any atom is -0.464 e. The third-order valence-electron chi connectivity index (χ3n) is 4.85. The Kier molecular flexibility index (Phi) is 8.64. The average molecular weight is 340 g/mol. The molecule has 1 aliphatic carbocycles. The van der Waals surface area contributed by atoms with Crippen molar-refractivity contribution in [1.29, 1.82) is 0 Å². The Hall–Kier alpha value is -1.06. The van der Waals surface area contributed by atoms with Gasteiger partial charge in [-0.05, 0) is 45.2 Å². The summed E-state index contributed by atoms with van der Waals surface area (Å²) in [6.45, 7) is 5.55. The number of likely N-dealkylation sites (N-methyl/N-ethyl adjacent to an activating group) is 1. The van der Waals surface area contributed by atoms with E-state index in [2.05, 4.69) is 37.9 Å². The molecule has 23 heavy (non-hydrogen) atoms. The van der Waals surface area contributed by atoms with Gasteiger partial charge in [0.25, 0.3) is 0 Å². The maximum atomic E-state index is 12.6. The van der Waals surface area contributed by atoms with Gasteiger partial charge < -0.3 is 9.64 Å². The smallest absolute Gasteiger partial charge is 0.313 e. The van der Waals surface area contributed by atoms with Gasteiger partial charge in [0, 0.05) is 12.6 Å². The summed E-state index contributed by atoms with van der Waals surface area (Å²) < 4.78 is 5.61. The van der Waals surface area contributed by atoms with Crippen LogP contribution in [0.3, 0.4) is 0 Å². The second kappa shape index (κ2) is 9.94. The first-order chi connectivity index (χ1) is 10.6. The lowest BCUT2D eigenvalue weighted by atomic mass is 9.85. The van der Waals surface area contributed by atoms with Crippen molar-refractivity contribution in [3.63, 3.8) is 0 Å². The summed E-state index contributed by atoms with van der Waals surface area (Å²) in [5.41, 5.74) is 1.11. The number of benzene rings is 1. The Morgan fingerprint density at radius 1 is 1.22 bits per heavy atom. The first kappa shape index (κ1) is 20.0. The molecular formula is C19H30ClNO2. The van der Waals surface area contributed by atoms with Crippen LogP contribution in [0.1, 0.15) is 51.0 Å². The second-order valence-electron chi connectivity index (χ2n) is 6.67. The van der Waals surface area contributed by atoms with Crippen LogP contribution in [0.4, 0.5) is 0 Å². The van der Waals surface area contributed by atoms with Gasteiger partial charge in [-0.15, -0.1) is 12.4 Å². The molecule has 2 rings (SSSR count). The number of hydrogen-bond acceptors (Lipinski definition) is 3. The molecule has 0 N–H and O–H groups in total. The molecule has 4 heteroatoms. The molecule has 0 saturated heterocycles. The van der Waals surface area contributed by atoms with E-state index in [1.54, 1.807) is 0 Å². The van der Waals surface area contributed by atoms with Crippen LogP contribution < -0.4 is 0 Å². The number of carbonyl (C=O) groups excluding carboxylic acids is 1. The molecule has 1 aromatic carbocycles. The van der Waals surface area contributed by atoms with Crippen LogP contribution in [0.2, 0.25) is 0 Å². The summed E-state index contributed by atoms with van der Waals surface area (Å²) in [5.74, 6) is 0.307. The Morgan fingerprint density at radius 2 is 1.83 bits per heavy atom. The average Bonchev–Trinajstić information content (AvgIpc) is 3.02. The summed E-state index contributed by atoms with van der Waals surface area (Å²) in [6, 6.07) is 10.6. The topological polar surface area (TPSA) is 29.5 Å². The highest BCUT2D eigenvalue weighted by molar-refractivity contribution is 5.85. The van der Waals surface area contributed by atoms with Crippen LogP contribution in [0.15, 0.2) is 30.3 Å². The number of halogens is 1. The molecule has 0 aliphatic heterocycles. The molecule has 0 amide bonds. The number of hydrogen-bond donors (Lipinski definition) is 0. The number of carbonyl (C=O) groups is 1. The third-order valence-corrected chi connectivity index (χ3v) is 4.85. The van der Waals surface area contributed by atoms with Crippen molar-refractivity contribution in [2.75, 3.05) is 20.2 Å². The summed E-state index contributed by atoms with van der Waals surface area (Å²) in [6.07, 6.45) is 4.75. The van der Waals surface area contributed by atoms with Gasteiger partial charge in [-0.25, -0.2) is 0 Å². The lowest BCUT2D eigenvalue weighted by molar-refractivity contribution is -0.147. The molecule has 0 heterocycles. The number of nitrogens with zero attached hydrogens (tertiary/aromatic N) is 1. The van der Waals surface area contributed by atoms with Crippen molar-refractivity contribution in [2.45, 2.75) is 51.5 Å². The van der Waals surface area contributed by atoms with E-state index in [1.807, 2.05) is 18.2 Å². The lowest BCUT2D eigenvalue weighted by Gasteiger charge is -2.24. The van der Waals surface area contributed by atoms with E-state index in [1.165, 1.54) is 12.8 Å². The molecule has 0 radical (unpaired) electrons. The van der Waals surface area contributed by atoms with Gasteiger partial charge in [0.2, 0.25) is 0 Å². The van der Waals surface area contributed by atoms with Crippen molar-refractivity contribution >= 4 is 18.4 Å². The fourth-order valence-electron chi connectivity index (χ4n) is 3.19. The maximum Gasteiger partial charge on any atom is 0.313 e. The fraction of sp³-hybridized carbons (Fsp3) is 0.632. The van der Waals surface area contributed by atoms with Crippen LogP contribution in [0.25, 0.3) is 0 Å². The summed E-state index contributed by atoms with van der Waals surface area (Å²) in [5, 5.41) is 0. The van der Waals surface area contributed by atoms with Gasteiger partial charge in [-0.1, -0.05) is 43.2 Å². The van der Waals surface area contributed by atoms with E-state index in [0.717, 1.165) is 24.9 Å². The highest BCUT2D eigenvalue weighted by Gasteiger charge is 2.33. The van der Waals surface area contributed by atoms with Crippen molar-refractivity contribution < 1.29 is 9.53 Å². The van der Waals surface area contributed by atoms with Crippen LogP contribution in [0.5, 0.6) is 0 Å². The zero-order valence-corrected chi connectivity index (χ0v) is 15.3. The molecule has 1 fully saturated rings. The van der Waals surface area contributed by atoms with Crippen LogP contribution in [-0.4, -0.2) is 37.1 Å². The first-order valence-corrected chi connectivity index (χ1v) is 8.51. The molecule has 1 unspecified atom stereocenters. The van der Waals surface area contributed by atoms with E-state index in [4.69, 9.17) is 4.74 Å². The number of esters is 1. The van der Waals surface area contributed by atoms with Gasteiger partial charge in [0.1, 0.15) is 6.61 Å². The standard InChI is InChI=1S/C19H29NO2.ClH/c1-15(2)20(3)13-14-22-19(21)18(17-11-7-8-12-17)16-9-5-4-6-10-16;/h4-6,9-10,15,17-18H,7-8,11-14H2,1-3H3;1H. The molecule has 3 nitrogen and oxygen atoms in total. The normalized spacial score (nSPS) is 16.4. The summed E-state index contributed by atoms with van der Waals surface area (Å²) in [4.78, 5) is 14.8. The fourth-order valence-corrected chi connectivity index (χ4v) is 3.19. The minimum atomic E-state index is -0.0898. The molecule has 1 aliphatic rings. The summed E-state index contributed by atoms with van der Waals surface area (Å²) >= 11 is 0. The van der Waals surface area contributed by atoms with E-state index >= 15 is 0 Å². The van der Waals surface area contributed by atoms with E-state index in [9.17, 15) is 4.79 Å². The zero-order chi connectivity index (χ0) is 15.9. The SMILES string of the molecule is CC(C)N(C)CCOC(=O)C(c1ccccc1)C1CCCC1.Cl. The lowest BCUT2D eigenvalue weighted by Crippen LogP contribution is -2.31. The molecular weight excluding hydrogens is 310 g/mol. The highest BCUT2D eigenvalue weighted by Crippen LogP contribution is 2.38. The summed E-state index contributed by atoms with van der Waals surface area (Å²) in [7, 11) is 2.06. The second-order valence-corrected chi connectivity index (χ2v) is 6.67. The van der Waals surface area contributed by atoms with Crippen LogP contribution >= 0.6 is 12.4 Å². The van der Waals surface area contributed by atoms with Crippen molar-refractivity contribution in [3.8, 4) is 0 Å². The zero-order valence-electron chi connectivity index (χ0n) is 14.5. The number of rotatable bonds is 7. The van der Waals surface area contributed by atoms with E-state index < -0.39 is 0 Å². The largest absolute Gasteiger partial charge is 0.464 e.